The summed E-state index contributed by atoms with van der Waals surface area (Å²) in [4.78, 5) is 0. The molecule has 8 nitrogen and oxygen atoms in total. The van der Waals surface area contributed by atoms with E-state index in [1.165, 1.54) is 5.56 Å². The molecule has 1 aliphatic rings. The van der Waals surface area contributed by atoms with Gasteiger partial charge in [0.15, 0.2) is 18.1 Å². The van der Waals surface area contributed by atoms with E-state index in [1.54, 1.807) is 7.11 Å². The quantitative estimate of drug-likeness (QED) is 0.707. The van der Waals surface area contributed by atoms with E-state index in [2.05, 4.69) is 43.3 Å². The van der Waals surface area contributed by atoms with Gasteiger partial charge in [-0.3, -0.25) is 0 Å². The number of benzene rings is 2. The normalized spacial score (nSPS) is 16.0. The Kier molecular flexibility index (Phi) is 4.46. The van der Waals surface area contributed by atoms with E-state index in [9.17, 15) is 0 Å². The first-order valence-electron chi connectivity index (χ1n) is 8.24. The minimum absolute atomic E-state index is 0.186. The number of tetrazole rings is 1. The van der Waals surface area contributed by atoms with Crippen LogP contribution in [0.2, 0.25) is 0 Å². The summed E-state index contributed by atoms with van der Waals surface area (Å²) in [7, 11) is 1.61. The molecule has 0 amide bonds. The van der Waals surface area contributed by atoms with E-state index in [4.69, 9.17) is 9.47 Å². The molecule has 2 heterocycles. The molecule has 0 fully saturated rings. The molecule has 8 heteroatoms. The Balaban J connectivity index is 1.47. The zero-order chi connectivity index (χ0) is 17.8. The van der Waals surface area contributed by atoms with Crippen LogP contribution in [0.25, 0.3) is 0 Å². The maximum atomic E-state index is 5.72. The van der Waals surface area contributed by atoms with Gasteiger partial charge in [-0.25, -0.2) is 0 Å². The molecule has 2 aromatic carbocycles. The third kappa shape index (κ3) is 3.34. The van der Waals surface area contributed by atoms with E-state index in [0.29, 0.717) is 17.3 Å². The zero-order valence-corrected chi connectivity index (χ0v) is 14.2. The lowest BCUT2D eigenvalue weighted by atomic mass is 9.99. The highest BCUT2D eigenvalue weighted by atomic mass is 16.5. The van der Waals surface area contributed by atoms with Crippen LogP contribution in [0.4, 0.5) is 0 Å². The lowest BCUT2D eigenvalue weighted by Gasteiger charge is -2.12. The van der Waals surface area contributed by atoms with Gasteiger partial charge in [0.05, 0.1) is 18.9 Å². The van der Waals surface area contributed by atoms with Crippen molar-refractivity contribution >= 4 is 5.71 Å². The summed E-state index contributed by atoms with van der Waals surface area (Å²) < 4.78 is 11.2. The SMILES string of the molecule is COc1cc(C2=NNC(c3ccccc3)C2)ccc1OCc1nn[nH]n1. The first-order chi connectivity index (χ1) is 12.8. The summed E-state index contributed by atoms with van der Waals surface area (Å²) in [5.41, 5.74) is 6.41. The highest BCUT2D eigenvalue weighted by molar-refractivity contribution is 6.02. The maximum Gasteiger partial charge on any atom is 0.211 e. The molecule has 1 unspecified atom stereocenters. The average molecular weight is 350 g/mol. The summed E-state index contributed by atoms with van der Waals surface area (Å²) in [5, 5.41) is 18.1. The molecule has 0 bridgehead atoms. The molecule has 3 aromatic rings. The van der Waals surface area contributed by atoms with E-state index in [1.807, 2.05) is 36.4 Å². The predicted octanol–water partition coefficient (Wildman–Crippen LogP) is 2.23. The Labute approximate surface area is 150 Å². The minimum atomic E-state index is 0.186. The molecule has 132 valence electrons. The van der Waals surface area contributed by atoms with Crippen molar-refractivity contribution in [1.29, 1.82) is 0 Å². The van der Waals surface area contributed by atoms with Crippen LogP contribution in [0.15, 0.2) is 53.6 Å². The van der Waals surface area contributed by atoms with Gasteiger partial charge in [0.1, 0.15) is 0 Å². The van der Waals surface area contributed by atoms with Gasteiger partial charge in [-0.1, -0.05) is 35.5 Å². The smallest absolute Gasteiger partial charge is 0.211 e. The summed E-state index contributed by atoms with van der Waals surface area (Å²) in [6, 6.07) is 16.2. The number of nitrogens with zero attached hydrogens (tertiary/aromatic N) is 4. The van der Waals surface area contributed by atoms with Crippen LogP contribution in [-0.4, -0.2) is 33.4 Å². The monoisotopic (exact) mass is 350 g/mol. The molecule has 26 heavy (non-hydrogen) atoms. The van der Waals surface area contributed by atoms with Gasteiger partial charge in [0.2, 0.25) is 5.82 Å². The van der Waals surface area contributed by atoms with E-state index in [0.717, 1.165) is 17.7 Å². The van der Waals surface area contributed by atoms with E-state index in [-0.39, 0.29) is 12.6 Å². The van der Waals surface area contributed by atoms with Crippen LogP contribution in [0.1, 0.15) is 29.4 Å². The van der Waals surface area contributed by atoms with Crippen LogP contribution in [0, 0.1) is 0 Å². The van der Waals surface area contributed by atoms with Gasteiger partial charge >= 0.3 is 0 Å². The number of hydrogen-bond acceptors (Lipinski definition) is 7. The molecule has 0 radical (unpaired) electrons. The summed E-state index contributed by atoms with van der Waals surface area (Å²) in [6.45, 7) is 0.213. The number of hydrazone groups is 1. The predicted molar refractivity (Wildman–Crippen MR) is 95.0 cm³/mol. The molecule has 2 N–H and O–H groups in total. The third-order valence-corrected chi connectivity index (χ3v) is 4.20. The van der Waals surface area contributed by atoms with Crippen LogP contribution >= 0.6 is 0 Å². The Morgan fingerprint density at radius 2 is 2.00 bits per heavy atom. The van der Waals surface area contributed by atoms with Crippen molar-refractivity contribution in [2.24, 2.45) is 5.10 Å². The van der Waals surface area contributed by atoms with Gasteiger partial charge in [0, 0.05) is 12.0 Å². The van der Waals surface area contributed by atoms with Gasteiger partial charge in [-0.2, -0.15) is 10.3 Å². The Hall–Kier alpha value is -3.42. The number of aromatic amines is 1. The van der Waals surface area contributed by atoms with Gasteiger partial charge < -0.3 is 14.9 Å². The second-order valence-corrected chi connectivity index (χ2v) is 5.84. The standard InChI is InChI=1S/C18H18N6O2/c1-25-17-9-13(7-8-16(17)26-11-18-21-23-24-22-18)15-10-14(19-20-15)12-5-3-2-4-6-12/h2-9,14,19H,10-11H2,1H3,(H,21,22,23,24). The van der Waals surface area contributed by atoms with Crippen LogP contribution < -0.4 is 14.9 Å². The van der Waals surface area contributed by atoms with Crippen molar-refractivity contribution in [3.8, 4) is 11.5 Å². The van der Waals surface area contributed by atoms with E-state index < -0.39 is 0 Å². The molecule has 1 atom stereocenters. The van der Waals surface area contributed by atoms with Gasteiger partial charge in [0.25, 0.3) is 0 Å². The topological polar surface area (TPSA) is 97.3 Å². The Morgan fingerprint density at radius 1 is 1.12 bits per heavy atom. The van der Waals surface area contributed by atoms with Crippen molar-refractivity contribution < 1.29 is 9.47 Å². The van der Waals surface area contributed by atoms with E-state index >= 15 is 0 Å². The second kappa shape index (κ2) is 7.22. The molecule has 0 saturated carbocycles. The fourth-order valence-corrected chi connectivity index (χ4v) is 2.85. The zero-order valence-electron chi connectivity index (χ0n) is 14.2. The lowest BCUT2D eigenvalue weighted by molar-refractivity contribution is 0.276. The summed E-state index contributed by atoms with van der Waals surface area (Å²) >= 11 is 0. The van der Waals surface area contributed by atoms with Crippen LogP contribution in [0.3, 0.4) is 0 Å². The van der Waals surface area contributed by atoms with Crippen molar-refractivity contribution in [3.05, 3.63) is 65.5 Å². The molecular weight excluding hydrogens is 332 g/mol. The molecule has 1 aliphatic heterocycles. The third-order valence-electron chi connectivity index (χ3n) is 4.20. The number of rotatable bonds is 6. The number of ether oxygens (including phenoxy) is 2. The summed E-state index contributed by atoms with van der Waals surface area (Å²) in [5.74, 6) is 1.73. The lowest BCUT2D eigenvalue weighted by Crippen LogP contribution is -2.09. The Morgan fingerprint density at radius 3 is 2.77 bits per heavy atom. The van der Waals surface area contributed by atoms with Gasteiger partial charge in [-0.05, 0) is 23.8 Å². The molecular formula is C18H18N6O2. The number of H-pyrrole nitrogens is 1. The molecule has 0 spiro atoms. The number of aromatic nitrogens is 4. The van der Waals surface area contributed by atoms with Crippen molar-refractivity contribution in [3.63, 3.8) is 0 Å². The molecule has 4 rings (SSSR count). The minimum Gasteiger partial charge on any atom is -0.493 e. The fraction of sp³-hybridized carbons (Fsp3) is 0.222. The Bertz CT molecular complexity index is 895. The number of methoxy groups -OCH3 is 1. The highest BCUT2D eigenvalue weighted by Crippen LogP contribution is 2.31. The van der Waals surface area contributed by atoms with Crippen LogP contribution in [-0.2, 0) is 6.61 Å². The molecule has 0 aliphatic carbocycles. The van der Waals surface area contributed by atoms with Gasteiger partial charge in [-0.15, -0.1) is 10.2 Å². The van der Waals surface area contributed by atoms with Crippen molar-refractivity contribution in [2.75, 3.05) is 7.11 Å². The number of hydrogen-bond donors (Lipinski definition) is 2. The summed E-state index contributed by atoms with van der Waals surface area (Å²) in [6.07, 6.45) is 0.816. The number of nitrogens with one attached hydrogen (secondary N) is 2. The van der Waals surface area contributed by atoms with Crippen molar-refractivity contribution in [1.82, 2.24) is 26.0 Å². The highest BCUT2D eigenvalue weighted by Gasteiger charge is 2.22. The van der Waals surface area contributed by atoms with Crippen molar-refractivity contribution in [2.45, 2.75) is 19.1 Å². The maximum absolute atomic E-state index is 5.72. The van der Waals surface area contributed by atoms with Crippen LogP contribution in [0.5, 0.6) is 11.5 Å². The first-order valence-corrected chi connectivity index (χ1v) is 8.24. The molecule has 0 saturated heterocycles. The first kappa shape index (κ1) is 16.1. The largest absolute Gasteiger partial charge is 0.493 e. The second-order valence-electron chi connectivity index (χ2n) is 5.84. The fourth-order valence-electron chi connectivity index (χ4n) is 2.85. The molecule has 1 aromatic heterocycles. The average Bonchev–Trinajstić information content (AvgIpc) is 3.39.